The standard InChI is InChI=1S/C20H24N4O3S3/c1-6-24-17(15-9-28-13(5)12(15)4)22-23-20(24)29-10-16(25)21-18-14(8-11(3)30-18)19(26)27-7-2/h8-9H,6-7,10H2,1-5H3,(H,21,25). The minimum atomic E-state index is -0.429. The van der Waals surface area contributed by atoms with Crippen LogP contribution in [0, 0.1) is 20.8 Å². The van der Waals surface area contributed by atoms with E-state index < -0.39 is 5.97 Å². The molecule has 0 unspecified atom stereocenters. The second-order valence-electron chi connectivity index (χ2n) is 6.54. The number of thiophene rings is 2. The van der Waals surface area contributed by atoms with Gasteiger partial charge in [0.2, 0.25) is 5.91 Å². The van der Waals surface area contributed by atoms with E-state index in [0.29, 0.717) is 22.3 Å². The van der Waals surface area contributed by atoms with E-state index in [9.17, 15) is 9.59 Å². The smallest absolute Gasteiger partial charge is 0.341 e. The third-order valence-electron chi connectivity index (χ3n) is 4.50. The molecule has 0 saturated carbocycles. The van der Waals surface area contributed by atoms with Gasteiger partial charge in [-0.3, -0.25) is 4.79 Å². The molecule has 0 radical (unpaired) electrons. The Morgan fingerprint density at radius 1 is 1.23 bits per heavy atom. The van der Waals surface area contributed by atoms with Crippen LogP contribution in [0.3, 0.4) is 0 Å². The summed E-state index contributed by atoms with van der Waals surface area (Å²) in [7, 11) is 0. The molecule has 7 nitrogen and oxygen atoms in total. The Bertz CT molecular complexity index is 1070. The molecule has 0 atom stereocenters. The van der Waals surface area contributed by atoms with Crippen molar-refractivity contribution in [1.29, 1.82) is 0 Å². The summed E-state index contributed by atoms with van der Waals surface area (Å²) in [6.45, 7) is 10.8. The quantitative estimate of drug-likeness (QED) is 0.376. The van der Waals surface area contributed by atoms with E-state index in [1.807, 2.05) is 18.4 Å². The van der Waals surface area contributed by atoms with Crippen molar-refractivity contribution in [2.24, 2.45) is 0 Å². The molecule has 30 heavy (non-hydrogen) atoms. The topological polar surface area (TPSA) is 86.1 Å². The second-order valence-corrected chi connectivity index (χ2v) is 9.82. The molecule has 3 aromatic rings. The molecular weight excluding hydrogens is 440 g/mol. The van der Waals surface area contributed by atoms with Gasteiger partial charge in [-0.1, -0.05) is 11.8 Å². The van der Waals surface area contributed by atoms with Gasteiger partial charge in [-0.05, 0) is 46.2 Å². The zero-order valence-electron chi connectivity index (χ0n) is 17.6. The van der Waals surface area contributed by atoms with Crippen LogP contribution in [0.2, 0.25) is 0 Å². The fraction of sp³-hybridized carbons (Fsp3) is 0.400. The van der Waals surface area contributed by atoms with Crippen LogP contribution in [0.5, 0.6) is 0 Å². The molecule has 0 saturated heterocycles. The number of anilines is 1. The molecule has 0 fully saturated rings. The Kier molecular flexibility index (Phi) is 7.32. The Morgan fingerprint density at radius 3 is 2.63 bits per heavy atom. The molecule has 0 aliphatic heterocycles. The van der Waals surface area contributed by atoms with Crippen molar-refractivity contribution in [3.05, 3.63) is 32.3 Å². The largest absolute Gasteiger partial charge is 0.462 e. The maximum Gasteiger partial charge on any atom is 0.341 e. The van der Waals surface area contributed by atoms with Gasteiger partial charge < -0.3 is 14.6 Å². The number of hydrogen-bond donors (Lipinski definition) is 1. The van der Waals surface area contributed by atoms with Gasteiger partial charge in [0.25, 0.3) is 0 Å². The summed E-state index contributed by atoms with van der Waals surface area (Å²) < 4.78 is 7.09. The van der Waals surface area contributed by atoms with Crippen molar-refractivity contribution >= 4 is 51.3 Å². The summed E-state index contributed by atoms with van der Waals surface area (Å²) in [5.41, 5.74) is 2.67. The Labute approximate surface area is 187 Å². The second kappa shape index (κ2) is 9.76. The average Bonchev–Trinajstić information content (AvgIpc) is 3.38. The normalized spacial score (nSPS) is 11.0. The lowest BCUT2D eigenvalue weighted by Gasteiger charge is -2.08. The number of aryl methyl sites for hydroxylation is 2. The minimum Gasteiger partial charge on any atom is -0.462 e. The molecule has 0 bridgehead atoms. The predicted molar refractivity (Wildman–Crippen MR) is 123 cm³/mol. The SMILES string of the molecule is CCOC(=O)c1cc(C)sc1NC(=O)CSc1nnc(-c2csc(C)c2C)n1CC. The molecule has 160 valence electrons. The Hall–Kier alpha value is -2.17. The van der Waals surface area contributed by atoms with Gasteiger partial charge >= 0.3 is 5.97 Å². The van der Waals surface area contributed by atoms with E-state index in [4.69, 9.17) is 4.74 Å². The molecule has 3 rings (SSSR count). The molecule has 0 aromatic carbocycles. The third kappa shape index (κ3) is 4.76. The van der Waals surface area contributed by atoms with Crippen LogP contribution in [0.15, 0.2) is 16.6 Å². The zero-order valence-corrected chi connectivity index (χ0v) is 20.0. The van der Waals surface area contributed by atoms with E-state index in [1.54, 1.807) is 24.3 Å². The van der Waals surface area contributed by atoms with E-state index in [-0.39, 0.29) is 18.3 Å². The monoisotopic (exact) mass is 464 g/mol. The highest BCUT2D eigenvalue weighted by molar-refractivity contribution is 7.99. The number of nitrogens with zero attached hydrogens (tertiary/aromatic N) is 3. The van der Waals surface area contributed by atoms with Crippen LogP contribution in [0.1, 0.15) is 39.5 Å². The average molecular weight is 465 g/mol. The number of esters is 1. The maximum atomic E-state index is 12.5. The van der Waals surface area contributed by atoms with Crippen molar-refractivity contribution in [2.45, 2.75) is 46.3 Å². The Balaban J connectivity index is 1.70. The molecular formula is C20H24N4O3S3. The number of ether oxygens (including phenoxy) is 1. The van der Waals surface area contributed by atoms with Gasteiger partial charge in [0.1, 0.15) is 5.00 Å². The van der Waals surface area contributed by atoms with Crippen molar-refractivity contribution in [1.82, 2.24) is 14.8 Å². The summed E-state index contributed by atoms with van der Waals surface area (Å²) in [5, 5.41) is 14.8. The zero-order chi connectivity index (χ0) is 21.8. The first-order valence-corrected chi connectivity index (χ1v) is 12.2. The van der Waals surface area contributed by atoms with Crippen molar-refractivity contribution in [3.8, 4) is 11.4 Å². The number of nitrogens with one attached hydrogen (secondary N) is 1. The molecule has 1 amide bonds. The van der Waals surface area contributed by atoms with Gasteiger partial charge in [-0.25, -0.2) is 4.79 Å². The fourth-order valence-corrected chi connectivity index (χ4v) is 5.46. The first kappa shape index (κ1) is 22.5. The number of hydrogen-bond acceptors (Lipinski definition) is 8. The first-order valence-electron chi connectivity index (χ1n) is 9.54. The van der Waals surface area contributed by atoms with Crippen molar-refractivity contribution in [3.63, 3.8) is 0 Å². The number of thioether (sulfide) groups is 1. The van der Waals surface area contributed by atoms with Gasteiger partial charge in [0.05, 0.1) is 17.9 Å². The lowest BCUT2D eigenvalue weighted by Crippen LogP contribution is -2.16. The number of aromatic nitrogens is 3. The molecule has 1 N–H and O–H groups in total. The van der Waals surface area contributed by atoms with Crippen LogP contribution in [-0.4, -0.2) is 39.0 Å². The van der Waals surface area contributed by atoms with Crippen LogP contribution in [-0.2, 0) is 16.1 Å². The van der Waals surface area contributed by atoms with Gasteiger partial charge in [0.15, 0.2) is 11.0 Å². The van der Waals surface area contributed by atoms with E-state index in [0.717, 1.165) is 16.3 Å². The highest BCUT2D eigenvalue weighted by atomic mass is 32.2. The summed E-state index contributed by atoms with van der Waals surface area (Å²) >= 11 is 4.38. The molecule has 3 aromatic heterocycles. The summed E-state index contributed by atoms with van der Waals surface area (Å²) in [5.74, 6) is 0.350. The van der Waals surface area contributed by atoms with Gasteiger partial charge in [0, 0.05) is 27.2 Å². The highest BCUT2D eigenvalue weighted by Gasteiger charge is 2.20. The molecule has 0 aliphatic carbocycles. The summed E-state index contributed by atoms with van der Waals surface area (Å²) in [4.78, 5) is 26.8. The van der Waals surface area contributed by atoms with E-state index in [2.05, 4.69) is 34.7 Å². The van der Waals surface area contributed by atoms with E-state index >= 15 is 0 Å². The molecule has 3 heterocycles. The van der Waals surface area contributed by atoms with Gasteiger partial charge in [-0.15, -0.1) is 32.9 Å². The predicted octanol–water partition coefficient (Wildman–Crippen LogP) is 4.92. The van der Waals surface area contributed by atoms with Gasteiger partial charge in [-0.2, -0.15) is 0 Å². The number of amides is 1. The third-order valence-corrected chi connectivity index (χ3v) is 7.44. The Morgan fingerprint density at radius 2 is 2.00 bits per heavy atom. The minimum absolute atomic E-state index is 0.166. The highest BCUT2D eigenvalue weighted by Crippen LogP contribution is 2.32. The van der Waals surface area contributed by atoms with Crippen molar-refractivity contribution in [2.75, 3.05) is 17.7 Å². The number of carbonyl (C=O) groups excluding carboxylic acids is 2. The molecule has 0 aliphatic rings. The number of rotatable bonds is 8. The van der Waals surface area contributed by atoms with Crippen molar-refractivity contribution < 1.29 is 14.3 Å². The molecule has 10 heteroatoms. The van der Waals surface area contributed by atoms with Crippen LogP contribution < -0.4 is 5.32 Å². The van der Waals surface area contributed by atoms with Crippen LogP contribution in [0.4, 0.5) is 5.00 Å². The lowest BCUT2D eigenvalue weighted by atomic mass is 10.1. The maximum absolute atomic E-state index is 12.5. The first-order chi connectivity index (χ1) is 14.3. The lowest BCUT2D eigenvalue weighted by molar-refractivity contribution is -0.113. The van der Waals surface area contributed by atoms with E-state index in [1.165, 1.54) is 33.5 Å². The van der Waals surface area contributed by atoms with Crippen LogP contribution in [0.25, 0.3) is 11.4 Å². The fourth-order valence-electron chi connectivity index (χ4n) is 2.87. The summed E-state index contributed by atoms with van der Waals surface area (Å²) in [6.07, 6.45) is 0. The number of carbonyl (C=O) groups is 2. The summed E-state index contributed by atoms with van der Waals surface area (Å²) in [6, 6.07) is 1.73. The van der Waals surface area contributed by atoms with Crippen LogP contribution >= 0.6 is 34.4 Å². The molecule has 0 spiro atoms.